The highest BCUT2D eigenvalue weighted by Crippen LogP contribution is 2.28. The second kappa shape index (κ2) is 9.00. The fourth-order valence-corrected chi connectivity index (χ4v) is 4.92. The molecule has 1 N–H and O–H groups in total. The molecule has 1 aliphatic heterocycles. The zero-order chi connectivity index (χ0) is 22.1. The molecule has 0 saturated carbocycles. The van der Waals surface area contributed by atoms with Crippen molar-refractivity contribution in [3.8, 4) is 17.2 Å². The molecule has 1 saturated heterocycles. The van der Waals surface area contributed by atoms with Crippen molar-refractivity contribution in [2.24, 2.45) is 7.05 Å². The van der Waals surface area contributed by atoms with E-state index in [1.165, 1.54) is 5.56 Å². The summed E-state index contributed by atoms with van der Waals surface area (Å²) in [6.45, 7) is 3.57. The number of nitrogens with zero attached hydrogens (tertiary/aromatic N) is 7. The maximum Gasteiger partial charge on any atom is 0.199 e. The number of benzene rings is 1. The molecule has 4 aromatic rings. The van der Waals surface area contributed by atoms with Crippen LogP contribution < -0.4 is 0 Å². The number of hydrogen-bond donors (Lipinski definition) is 1. The number of thioether (sulfide) groups is 1. The van der Waals surface area contributed by atoms with Gasteiger partial charge in [0.15, 0.2) is 15.8 Å². The van der Waals surface area contributed by atoms with E-state index >= 15 is 0 Å². The average Bonchev–Trinajstić information content (AvgIpc) is 3.57. The van der Waals surface area contributed by atoms with Gasteiger partial charge in [-0.3, -0.25) is 18.9 Å². The SMILES string of the molecule is Cc1ccc(-n2c(CSc3nnc(-c4ccn(C)n4)n3C[C@H]3CCCO3)n[nH]c2=S)cc1. The van der Waals surface area contributed by atoms with Crippen LogP contribution in [-0.2, 0) is 24.1 Å². The molecule has 1 aromatic carbocycles. The van der Waals surface area contributed by atoms with Crippen LogP contribution in [0.3, 0.4) is 0 Å². The Morgan fingerprint density at radius 3 is 2.78 bits per heavy atom. The molecule has 0 amide bonds. The molecule has 166 valence electrons. The zero-order valence-electron chi connectivity index (χ0n) is 17.9. The molecule has 11 heteroatoms. The molecular weight excluding hydrogens is 444 g/mol. The maximum atomic E-state index is 5.88. The van der Waals surface area contributed by atoms with Gasteiger partial charge in [0.05, 0.1) is 18.4 Å². The van der Waals surface area contributed by atoms with Crippen LogP contribution in [0.1, 0.15) is 24.2 Å². The third-order valence-electron chi connectivity index (χ3n) is 5.43. The maximum absolute atomic E-state index is 5.88. The highest BCUT2D eigenvalue weighted by atomic mass is 32.2. The van der Waals surface area contributed by atoms with Gasteiger partial charge in [0.25, 0.3) is 0 Å². The fraction of sp³-hybridized carbons (Fsp3) is 0.381. The van der Waals surface area contributed by atoms with Crippen molar-refractivity contribution in [2.75, 3.05) is 6.61 Å². The van der Waals surface area contributed by atoms with E-state index in [0.29, 0.717) is 17.1 Å². The molecule has 0 aliphatic carbocycles. The lowest BCUT2D eigenvalue weighted by Gasteiger charge is -2.14. The van der Waals surface area contributed by atoms with Crippen molar-refractivity contribution in [3.63, 3.8) is 0 Å². The van der Waals surface area contributed by atoms with E-state index < -0.39 is 0 Å². The Kier molecular flexibility index (Phi) is 5.94. The van der Waals surface area contributed by atoms with Gasteiger partial charge in [-0.15, -0.1) is 10.2 Å². The fourth-order valence-electron chi connectivity index (χ4n) is 3.79. The van der Waals surface area contributed by atoms with Crippen LogP contribution in [0.4, 0.5) is 0 Å². The Bertz CT molecular complexity index is 1260. The minimum absolute atomic E-state index is 0.162. The highest BCUT2D eigenvalue weighted by Gasteiger charge is 2.23. The van der Waals surface area contributed by atoms with Crippen LogP contribution in [0.5, 0.6) is 0 Å². The number of aromatic amines is 1. The Balaban J connectivity index is 1.43. The van der Waals surface area contributed by atoms with Crippen molar-refractivity contribution in [2.45, 2.75) is 43.3 Å². The van der Waals surface area contributed by atoms with E-state index in [0.717, 1.165) is 47.6 Å². The standard InChI is InChI=1S/C21H24N8OS2/c1-14-5-7-15(8-6-14)29-18(22-24-20(29)31)13-32-21-25-23-19(17-9-10-27(2)26-17)28(21)12-16-4-3-11-30-16/h5-10,16H,3-4,11-13H2,1-2H3,(H,24,31)/t16-/m1/s1. The molecule has 1 fully saturated rings. The molecule has 1 aliphatic rings. The van der Waals surface area contributed by atoms with Crippen molar-refractivity contribution >= 4 is 24.0 Å². The van der Waals surface area contributed by atoms with Crippen LogP contribution in [-0.4, -0.2) is 52.0 Å². The summed E-state index contributed by atoms with van der Waals surface area (Å²) >= 11 is 7.07. The lowest BCUT2D eigenvalue weighted by molar-refractivity contribution is 0.0953. The van der Waals surface area contributed by atoms with Crippen LogP contribution in [0, 0.1) is 11.7 Å². The van der Waals surface area contributed by atoms with Gasteiger partial charge >= 0.3 is 0 Å². The number of aryl methyl sites for hydroxylation is 2. The molecular formula is C21H24N8OS2. The summed E-state index contributed by atoms with van der Waals surface area (Å²) in [5.74, 6) is 2.17. The highest BCUT2D eigenvalue weighted by molar-refractivity contribution is 7.98. The predicted octanol–water partition coefficient (Wildman–Crippen LogP) is 3.70. The van der Waals surface area contributed by atoms with E-state index in [1.54, 1.807) is 16.4 Å². The van der Waals surface area contributed by atoms with Gasteiger partial charge in [-0.25, -0.2) is 0 Å². The number of ether oxygens (including phenoxy) is 1. The van der Waals surface area contributed by atoms with Gasteiger partial charge < -0.3 is 4.74 Å². The van der Waals surface area contributed by atoms with Gasteiger partial charge in [-0.05, 0) is 50.2 Å². The van der Waals surface area contributed by atoms with Gasteiger partial charge in [0, 0.05) is 25.5 Å². The Hall–Kier alpha value is -2.76. The Labute approximate surface area is 194 Å². The van der Waals surface area contributed by atoms with Gasteiger partial charge in [0.2, 0.25) is 0 Å². The van der Waals surface area contributed by atoms with Crippen LogP contribution in [0.2, 0.25) is 0 Å². The molecule has 5 rings (SSSR count). The molecule has 3 aromatic heterocycles. The van der Waals surface area contributed by atoms with Crippen LogP contribution >= 0.6 is 24.0 Å². The molecule has 32 heavy (non-hydrogen) atoms. The molecule has 0 unspecified atom stereocenters. The topological polar surface area (TPSA) is 91.4 Å². The summed E-state index contributed by atoms with van der Waals surface area (Å²) in [6, 6.07) is 10.2. The van der Waals surface area contributed by atoms with E-state index in [9.17, 15) is 0 Å². The first-order valence-electron chi connectivity index (χ1n) is 10.5. The summed E-state index contributed by atoms with van der Waals surface area (Å²) in [5, 5.41) is 21.6. The zero-order valence-corrected chi connectivity index (χ0v) is 19.6. The van der Waals surface area contributed by atoms with Crippen LogP contribution in [0.25, 0.3) is 17.2 Å². The van der Waals surface area contributed by atoms with Crippen molar-refractivity contribution < 1.29 is 4.74 Å². The molecule has 9 nitrogen and oxygen atoms in total. The second-order valence-electron chi connectivity index (χ2n) is 7.83. The van der Waals surface area contributed by atoms with E-state index in [-0.39, 0.29) is 6.10 Å². The van der Waals surface area contributed by atoms with Crippen LogP contribution in [0.15, 0.2) is 41.7 Å². The summed E-state index contributed by atoms with van der Waals surface area (Å²) in [4.78, 5) is 0. The second-order valence-corrected chi connectivity index (χ2v) is 9.16. The Morgan fingerprint density at radius 1 is 1.22 bits per heavy atom. The van der Waals surface area contributed by atoms with Gasteiger partial charge in [-0.1, -0.05) is 29.5 Å². The summed E-state index contributed by atoms with van der Waals surface area (Å²) in [6.07, 6.45) is 4.19. The molecule has 0 radical (unpaired) electrons. The number of aromatic nitrogens is 8. The number of H-pyrrole nitrogens is 1. The Morgan fingerprint density at radius 2 is 2.06 bits per heavy atom. The molecule has 4 heterocycles. The summed E-state index contributed by atoms with van der Waals surface area (Å²) in [7, 11) is 1.90. The number of rotatable bonds is 7. The van der Waals surface area contributed by atoms with E-state index in [4.69, 9.17) is 17.0 Å². The minimum atomic E-state index is 0.162. The monoisotopic (exact) mass is 468 g/mol. The normalized spacial score (nSPS) is 16.1. The number of hydrogen-bond acceptors (Lipinski definition) is 7. The first-order chi connectivity index (χ1) is 15.6. The first-order valence-corrected chi connectivity index (χ1v) is 11.9. The third kappa shape index (κ3) is 4.27. The van der Waals surface area contributed by atoms with Gasteiger partial charge in [0.1, 0.15) is 11.5 Å². The lowest BCUT2D eigenvalue weighted by atomic mass is 10.2. The van der Waals surface area contributed by atoms with E-state index in [1.807, 2.05) is 36.0 Å². The summed E-state index contributed by atoms with van der Waals surface area (Å²) < 4.78 is 12.3. The molecule has 1 atom stereocenters. The number of nitrogens with one attached hydrogen (secondary N) is 1. The smallest absolute Gasteiger partial charge is 0.199 e. The quantitative estimate of drug-likeness (QED) is 0.327. The summed E-state index contributed by atoms with van der Waals surface area (Å²) in [5.41, 5.74) is 2.98. The first kappa shape index (κ1) is 21.1. The average molecular weight is 469 g/mol. The predicted molar refractivity (Wildman–Crippen MR) is 124 cm³/mol. The minimum Gasteiger partial charge on any atom is -0.376 e. The van der Waals surface area contributed by atoms with Crippen molar-refractivity contribution in [3.05, 3.63) is 52.7 Å². The van der Waals surface area contributed by atoms with Crippen molar-refractivity contribution in [1.82, 2.24) is 39.3 Å². The largest absolute Gasteiger partial charge is 0.376 e. The van der Waals surface area contributed by atoms with Gasteiger partial charge in [-0.2, -0.15) is 10.2 Å². The third-order valence-corrected chi connectivity index (χ3v) is 6.67. The molecule has 0 bridgehead atoms. The molecule has 0 spiro atoms. The van der Waals surface area contributed by atoms with E-state index in [2.05, 4.69) is 49.1 Å². The lowest BCUT2D eigenvalue weighted by Crippen LogP contribution is -2.17. The van der Waals surface area contributed by atoms with Crippen molar-refractivity contribution in [1.29, 1.82) is 0 Å².